The van der Waals surface area contributed by atoms with Gasteiger partial charge in [-0.2, -0.15) is 0 Å². The molecule has 0 aliphatic carbocycles. The molecule has 1 N–H and O–H groups in total. The molecule has 1 aliphatic heterocycles. The van der Waals surface area contributed by atoms with Crippen LogP contribution in [0.2, 0.25) is 0 Å². The van der Waals surface area contributed by atoms with Crippen LogP contribution in [-0.2, 0) is 10.3 Å². The van der Waals surface area contributed by atoms with Gasteiger partial charge in [-0.15, -0.1) is 0 Å². The Hall–Kier alpha value is -2.53. The van der Waals surface area contributed by atoms with Gasteiger partial charge >= 0.3 is 0 Å². The van der Waals surface area contributed by atoms with E-state index >= 15 is 0 Å². The van der Waals surface area contributed by atoms with E-state index in [0.29, 0.717) is 18.8 Å². The maximum atomic E-state index is 13.6. The van der Waals surface area contributed by atoms with Gasteiger partial charge in [-0.05, 0) is 28.8 Å². The smallest absolute Gasteiger partial charge is 0.134 e. The summed E-state index contributed by atoms with van der Waals surface area (Å²) in [4.78, 5) is 2.26. The lowest BCUT2D eigenvalue weighted by molar-refractivity contribution is -0.0619. The largest absolute Gasteiger partial charge is 0.379 e. The van der Waals surface area contributed by atoms with Crippen molar-refractivity contribution < 1.29 is 14.2 Å². The van der Waals surface area contributed by atoms with Crippen LogP contribution in [0.1, 0.15) is 22.7 Å². The molecule has 4 rings (SSSR count). The van der Waals surface area contributed by atoms with E-state index in [9.17, 15) is 9.50 Å². The first-order valence-corrected chi connectivity index (χ1v) is 9.60. The maximum absolute atomic E-state index is 13.6. The number of hydrogen-bond acceptors (Lipinski definition) is 3. The summed E-state index contributed by atoms with van der Waals surface area (Å²) in [6.45, 7) is 2.68. The van der Waals surface area contributed by atoms with Gasteiger partial charge in [0.05, 0.1) is 19.3 Å². The molecule has 0 aromatic heterocycles. The van der Waals surface area contributed by atoms with E-state index in [2.05, 4.69) is 4.90 Å². The highest BCUT2D eigenvalue weighted by molar-refractivity contribution is 5.41. The lowest BCUT2D eigenvalue weighted by Crippen LogP contribution is -2.49. The topological polar surface area (TPSA) is 32.7 Å². The minimum absolute atomic E-state index is 0.318. The Balaban J connectivity index is 1.92. The molecule has 28 heavy (non-hydrogen) atoms. The van der Waals surface area contributed by atoms with Crippen LogP contribution in [0, 0.1) is 5.82 Å². The third kappa shape index (κ3) is 3.59. The Morgan fingerprint density at radius 2 is 1.32 bits per heavy atom. The lowest BCUT2D eigenvalue weighted by atomic mass is 9.76. The summed E-state index contributed by atoms with van der Waals surface area (Å²) in [7, 11) is 0. The minimum Gasteiger partial charge on any atom is -0.379 e. The van der Waals surface area contributed by atoms with Crippen LogP contribution in [0.25, 0.3) is 0 Å². The van der Waals surface area contributed by atoms with Gasteiger partial charge in [-0.1, -0.05) is 72.8 Å². The van der Waals surface area contributed by atoms with E-state index in [1.165, 1.54) is 12.1 Å². The molecule has 0 radical (unpaired) electrons. The molecule has 144 valence electrons. The Morgan fingerprint density at radius 3 is 1.93 bits per heavy atom. The van der Waals surface area contributed by atoms with Crippen molar-refractivity contribution in [1.82, 2.24) is 4.90 Å². The number of nitrogens with zero attached hydrogens (tertiary/aromatic N) is 1. The Labute approximate surface area is 165 Å². The average Bonchev–Trinajstić information content (AvgIpc) is 2.76. The van der Waals surface area contributed by atoms with E-state index in [1.54, 1.807) is 12.1 Å². The molecule has 0 saturated carbocycles. The summed E-state index contributed by atoms with van der Waals surface area (Å²) < 4.78 is 19.2. The monoisotopic (exact) mass is 377 g/mol. The second kappa shape index (κ2) is 8.23. The SMILES string of the molecule is O[C@](c1ccccc1)(c1ccc(F)cc1)[C@@H](c1ccccc1)N1CCOCC1. The zero-order valence-corrected chi connectivity index (χ0v) is 15.7. The summed E-state index contributed by atoms with van der Waals surface area (Å²) >= 11 is 0. The quantitative estimate of drug-likeness (QED) is 0.726. The number of rotatable bonds is 5. The summed E-state index contributed by atoms with van der Waals surface area (Å²) in [5.41, 5.74) is 1.12. The van der Waals surface area contributed by atoms with Crippen LogP contribution in [0.4, 0.5) is 4.39 Å². The molecule has 4 heteroatoms. The highest BCUT2D eigenvalue weighted by Crippen LogP contribution is 2.44. The number of hydrogen-bond donors (Lipinski definition) is 1. The van der Waals surface area contributed by atoms with Gasteiger partial charge in [-0.3, -0.25) is 4.90 Å². The molecule has 3 aromatic rings. The molecule has 3 aromatic carbocycles. The van der Waals surface area contributed by atoms with Gasteiger partial charge in [-0.25, -0.2) is 4.39 Å². The third-order valence-corrected chi connectivity index (χ3v) is 5.42. The van der Waals surface area contributed by atoms with Crippen molar-refractivity contribution in [2.75, 3.05) is 26.3 Å². The molecule has 1 fully saturated rings. The van der Waals surface area contributed by atoms with Crippen LogP contribution < -0.4 is 0 Å². The van der Waals surface area contributed by atoms with Gasteiger partial charge in [0.1, 0.15) is 11.4 Å². The molecular formula is C24H24FNO2. The fourth-order valence-electron chi connectivity index (χ4n) is 4.07. The summed E-state index contributed by atoms with van der Waals surface area (Å²) in [5, 5.41) is 12.3. The first kappa shape index (κ1) is 18.8. The van der Waals surface area contributed by atoms with Gasteiger partial charge in [0.15, 0.2) is 0 Å². The van der Waals surface area contributed by atoms with Crippen molar-refractivity contribution in [2.24, 2.45) is 0 Å². The molecule has 1 heterocycles. The fraction of sp³-hybridized carbons (Fsp3) is 0.250. The standard InChI is InChI=1S/C24H24FNO2/c25-22-13-11-21(12-14-22)24(27,20-9-5-2-6-10-20)23(19-7-3-1-4-8-19)26-15-17-28-18-16-26/h1-14,23,27H,15-18H2/t23-,24-/m1/s1. The van der Waals surface area contributed by atoms with Gasteiger partial charge in [0.25, 0.3) is 0 Å². The van der Waals surface area contributed by atoms with Crippen LogP contribution in [-0.4, -0.2) is 36.3 Å². The molecule has 0 spiro atoms. The number of halogens is 1. The Kier molecular flexibility index (Phi) is 5.53. The summed E-state index contributed by atoms with van der Waals surface area (Å²) in [6.07, 6.45) is 0. The van der Waals surface area contributed by atoms with Gasteiger partial charge < -0.3 is 9.84 Å². The van der Waals surface area contributed by atoms with Crippen LogP contribution in [0.5, 0.6) is 0 Å². The van der Waals surface area contributed by atoms with Crippen molar-refractivity contribution in [3.63, 3.8) is 0 Å². The van der Waals surface area contributed by atoms with Crippen molar-refractivity contribution in [2.45, 2.75) is 11.6 Å². The lowest BCUT2D eigenvalue weighted by Gasteiger charge is -2.45. The number of aliphatic hydroxyl groups is 1. The number of morpholine rings is 1. The third-order valence-electron chi connectivity index (χ3n) is 5.42. The molecule has 1 saturated heterocycles. The first-order valence-electron chi connectivity index (χ1n) is 9.60. The molecule has 3 nitrogen and oxygen atoms in total. The fourth-order valence-corrected chi connectivity index (χ4v) is 4.07. The van der Waals surface area contributed by atoms with Crippen LogP contribution in [0.3, 0.4) is 0 Å². The second-order valence-corrected chi connectivity index (χ2v) is 7.10. The van der Waals surface area contributed by atoms with E-state index in [1.807, 2.05) is 60.7 Å². The number of benzene rings is 3. The molecule has 2 atom stereocenters. The van der Waals surface area contributed by atoms with Crippen LogP contribution >= 0.6 is 0 Å². The minimum atomic E-state index is -1.34. The average molecular weight is 377 g/mol. The van der Waals surface area contributed by atoms with Gasteiger partial charge in [0.2, 0.25) is 0 Å². The predicted molar refractivity (Wildman–Crippen MR) is 107 cm³/mol. The number of ether oxygens (including phenoxy) is 1. The molecular weight excluding hydrogens is 353 g/mol. The molecule has 1 aliphatic rings. The van der Waals surface area contributed by atoms with E-state index in [0.717, 1.165) is 24.2 Å². The van der Waals surface area contributed by atoms with Crippen molar-refractivity contribution in [3.8, 4) is 0 Å². The highest BCUT2D eigenvalue weighted by atomic mass is 19.1. The van der Waals surface area contributed by atoms with E-state index < -0.39 is 5.60 Å². The normalized spacial score (nSPS) is 18.4. The summed E-state index contributed by atoms with van der Waals surface area (Å²) in [6, 6.07) is 25.5. The van der Waals surface area contributed by atoms with Crippen molar-refractivity contribution in [3.05, 3.63) is 107 Å². The van der Waals surface area contributed by atoms with Gasteiger partial charge in [0, 0.05) is 13.1 Å². The van der Waals surface area contributed by atoms with Crippen molar-refractivity contribution in [1.29, 1.82) is 0 Å². The molecule has 0 amide bonds. The van der Waals surface area contributed by atoms with Crippen LogP contribution in [0.15, 0.2) is 84.9 Å². The van der Waals surface area contributed by atoms with E-state index in [-0.39, 0.29) is 11.9 Å². The highest BCUT2D eigenvalue weighted by Gasteiger charge is 2.44. The second-order valence-electron chi connectivity index (χ2n) is 7.10. The Morgan fingerprint density at radius 1 is 0.786 bits per heavy atom. The van der Waals surface area contributed by atoms with E-state index in [4.69, 9.17) is 4.74 Å². The Bertz CT molecular complexity index is 879. The zero-order chi connectivity index (χ0) is 19.4. The first-order chi connectivity index (χ1) is 13.7. The van der Waals surface area contributed by atoms with Crippen molar-refractivity contribution >= 4 is 0 Å². The predicted octanol–water partition coefficient (Wildman–Crippen LogP) is 4.14. The molecule has 0 unspecified atom stereocenters. The summed E-state index contributed by atoms with van der Waals surface area (Å²) in [5.74, 6) is -0.318. The maximum Gasteiger partial charge on any atom is 0.134 e. The zero-order valence-electron chi connectivity index (χ0n) is 15.7. The molecule has 0 bridgehead atoms.